The largest absolute Gasteiger partial charge is 0.295 e. The first-order chi connectivity index (χ1) is 8.04. The number of nitriles is 1. The van der Waals surface area contributed by atoms with Crippen molar-refractivity contribution in [3.05, 3.63) is 35.6 Å². The highest BCUT2D eigenvalue weighted by Gasteiger charge is 2.14. The Labute approximate surface area is 100 Å². The van der Waals surface area contributed by atoms with Crippen LogP contribution in [0, 0.1) is 17.1 Å². The molecule has 3 nitrogen and oxygen atoms in total. The van der Waals surface area contributed by atoms with Crippen molar-refractivity contribution >= 4 is 5.78 Å². The number of rotatable bonds is 5. The van der Waals surface area contributed by atoms with E-state index in [1.807, 2.05) is 6.92 Å². The number of likely N-dealkylation sites (N-methyl/N-ethyl adjacent to an activating group) is 1. The van der Waals surface area contributed by atoms with Crippen molar-refractivity contribution in [3.63, 3.8) is 0 Å². The van der Waals surface area contributed by atoms with Gasteiger partial charge in [-0.1, -0.05) is 12.1 Å². The smallest absolute Gasteiger partial charge is 0.176 e. The maximum atomic E-state index is 12.9. The minimum atomic E-state index is -0.413. The molecule has 0 bridgehead atoms. The van der Waals surface area contributed by atoms with E-state index in [-0.39, 0.29) is 18.4 Å². The SMILES string of the molecule is CC(CC#N)N(C)CC(=O)c1cccc(F)c1. The van der Waals surface area contributed by atoms with Crippen molar-refractivity contribution < 1.29 is 9.18 Å². The molecule has 17 heavy (non-hydrogen) atoms. The van der Waals surface area contributed by atoms with Crippen molar-refractivity contribution in [2.75, 3.05) is 13.6 Å². The Morgan fingerprint density at radius 3 is 2.88 bits per heavy atom. The van der Waals surface area contributed by atoms with Crippen LogP contribution in [0.3, 0.4) is 0 Å². The first kappa shape index (κ1) is 13.3. The standard InChI is InChI=1S/C13H15FN2O/c1-10(6-7-15)16(2)9-13(17)11-4-3-5-12(14)8-11/h3-5,8,10H,6,9H2,1-2H3. The molecule has 0 N–H and O–H groups in total. The van der Waals surface area contributed by atoms with E-state index in [0.29, 0.717) is 12.0 Å². The normalized spacial score (nSPS) is 12.2. The predicted octanol–water partition coefficient (Wildman–Crippen LogP) is 2.24. The van der Waals surface area contributed by atoms with Crippen LogP contribution in [0.5, 0.6) is 0 Å². The summed E-state index contributed by atoms with van der Waals surface area (Å²) in [7, 11) is 1.78. The highest BCUT2D eigenvalue weighted by Crippen LogP contribution is 2.07. The summed E-state index contributed by atoms with van der Waals surface area (Å²) in [6.07, 6.45) is 0.368. The third-order valence-electron chi connectivity index (χ3n) is 2.68. The topological polar surface area (TPSA) is 44.1 Å². The van der Waals surface area contributed by atoms with E-state index in [1.54, 1.807) is 18.0 Å². The minimum absolute atomic E-state index is 0.0116. The van der Waals surface area contributed by atoms with Crippen LogP contribution in [0.4, 0.5) is 4.39 Å². The third-order valence-corrected chi connectivity index (χ3v) is 2.68. The average Bonchev–Trinajstić information content (AvgIpc) is 2.29. The van der Waals surface area contributed by atoms with Crippen molar-refractivity contribution in [3.8, 4) is 6.07 Å². The van der Waals surface area contributed by atoms with E-state index in [0.717, 1.165) is 0 Å². The second-order valence-electron chi connectivity index (χ2n) is 4.06. The maximum Gasteiger partial charge on any atom is 0.176 e. The van der Waals surface area contributed by atoms with Gasteiger partial charge in [-0.25, -0.2) is 4.39 Å². The molecule has 0 fully saturated rings. The maximum absolute atomic E-state index is 12.9. The minimum Gasteiger partial charge on any atom is -0.295 e. The second-order valence-corrected chi connectivity index (χ2v) is 4.06. The summed E-state index contributed by atoms with van der Waals surface area (Å²) in [5.41, 5.74) is 0.362. The fourth-order valence-corrected chi connectivity index (χ4v) is 1.42. The molecule has 0 spiro atoms. The lowest BCUT2D eigenvalue weighted by Gasteiger charge is -2.21. The monoisotopic (exact) mass is 234 g/mol. The van der Waals surface area contributed by atoms with Gasteiger partial charge in [-0.05, 0) is 26.1 Å². The van der Waals surface area contributed by atoms with Crippen LogP contribution in [0.2, 0.25) is 0 Å². The number of hydrogen-bond donors (Lipinski definition) is 0. The van der Waals surface area contributed by atoms with Gasteiger partial charge >= 0.3 is 0 Å². The molecule has 1 atom stereocenters. The first-order valence-corrected chi connectivity index (χ1v) is 5.40. The van der Waals surface area contributed by atoms with Crippen LogP contribution in [0.1, 0.15) is 23.7 Å². The molecule has 0 aliphatic carbocycles. The zero-order valence-electron chi connectivity index (χ0n) is 9.98. The van der Waals surface area contributed by atoms with Crippen LogP contribution in [-0.4, -0.2) is 30.3 Å². The van der Waals surface area contributed by atoms with Gasteiger partial charge in [0.15, 0.2) is 5.78 Å². The fourth-order valence-electron chi connectivity index (χ4n) is 1.42. The highest BCUT2D eigenvalue weighted by molar-refractivity contribution is 5.97. The van der Waals surface area contributed by atoms with Crippen molar-refractivity contribution in [1.29, 1.82) is 5.26 Å². The molecule has 1 aromatic carbocycles. The molecular weight excluding hydrogens is 219 g/mol. The molecule has 0 heterocycles. The molecule has 0 saturated heterocycles. The average molecular weight is 234 g/mol. The molecule has 4 heteroatoms. The summed E-state index contributed by atoms with van der Waals surface area (Å²) in [5, 5.41) is 8.56. The number of Topliss-reactive ketones (excluding diaryl/α,β-unsaturated/α-hetero) is 1. The summed E-state index contributed by atoms with van der Waals surface area (Å²) in [6, 6.07) is 7.71. The molecule has 0 aliphatic heterocycles. The van der Waals surface area contributed by atoms with E-state index < -0.39 is 5.82 Å². The van der Waals surface area contributed by atoms with Crippen molar-refractivity contribution in [2.24, 2.45) is 0 Å². The molecule has 1 aromatic rings. The van der Waals surface area contributed by atoms with Gasteiger partial charge in [0.25, 0.3) is 0 Å². The zero-order chi connectivity index (χ0) is 12.8. The Balaban J connectivity index is 2.64. The number of carbonyl (C=O) groups excluding carboxylic acids is 1. The summed E-state index contributed by atoms with van der Waals surface area (Å²) in [6.45, 7) is 2.06. The Morgan fingerprint density at radius 1 is 1.59 bits per heavy atom. The van der Waals surface area contributed by atoms with Gasteiger partial charge in [0, 0.05) is 11.6 Å². The Morgan fingerprint density at radius 2 is 2.29 bits per heavy atom. The quantitative estimate of drug-likeness (QED) is 0.734. The van der Waals surface area contributed by atoms with E-state index in [2.05, 4.69) is 6.07 Å². The van der Waals surface area contributed by atoms with Gasteiger partial charge < -0.3 is 0 Å². The number of hydrogen-bond acceptors (Lipinski definition) is 3. The van der Waals surface area contributed by atoms with Gasteiger partial charge in [-0.2, -0.15) is 5.26 Å². The molecule has 0 amide bonds. The molecular formula is C13H15FN2O. The lowest BCUT2D eigenvalue weighted by molar-refractivity contribution is 0.0925. The molecule has 0 radical (unpaired) electrons. The Hall–Kier alpha value is -1.73. The Bertz CT molecular complexity index is 439. The van der Waals surface area contributed by atoms with Gasteiger partial charge in [-0.15, -0.1) is 0 Å². The van der Waals surface area contributed by atoms with Crippen LogP contribution >= 0.6 is 0 Å². The number of carbonyl (C=O) groups is 1. The van der Waals surface area contributed by atoms with Gasteiger partial charge in [-0.3, -0.25) is 9.69 Å². The van der Waals surface area contributed by atoms with Crippen molar-refractivity contribution in [2.45, 2.75) is 19.4 Å². The predicted molar refractivity (Wildman–Crippen MR) is 63.1 cm³/mol. The molecule has 1 unspecified atom stereocenters. The molecule has 0 saturated carbocycles. The first-order valence-electron chi connectivity index (χ1n) is 5.40. The van der Waals surface area contributed by atoms with E-state index in [1.165, 1.54) is 18.2 Å². The van der Waals surface area contributed by atoms with Crippen molar-refractivity contribution in [1.82, 2.24) is 4.90 Å². The van der Waals surface area contributed by atoms with E-state index >= 15 is 0 Å². The number of halogens is 1. The molecule has 90 valence electrons. The summed E-state index contributed by atoms with van der Waals surface area (Å²) < 4.78 is 12.9. The van der Waals surface area contributed by atoms with Gasteiger partial charge in [0.1, 0.15) is 5.82 Å². The summed E-state index contributed by atoms with van der Waals surface area (Å²) in [4.78, 5) is 13.6. The van der Waals surface area contributed by atoms with Crippen LogP contribution in [-0.2, 0) is 0 Å². The molecule has 0 aromatic heterocycles. The lowest BCUT2D eigenvalue weighted by Crippen LogP contribution is -2.33. The van der Waals surface area contributed by atoms with E-state index in [9.17, 15) is 9.18 Å². The van der Waals surface area contributed by atoms with Crippen LogP contribution in [0.15, 0.2) is 24.3 Å². The second kappa shape index (κ2) is 6.12. The number of benzene rings is 1. The third kappa shape index (κ3) is 3.97. The lowest BCUT2D eigenvalue weighted by atomic mass is 10.1. The van der Waals surface area contributed by atoms with E-state index in [4.69, 9.17) is 5.26 Å². The van der Waals surface area contributed by atoms with Gasteiger partial charge in [0.05, 0.1) is 19.0 Å². The Kier molecular flexibility index (Phi) is 4.80. The van der Waals surface area contributed by atoms with Crippen LogP contribution < -0.4 is 0 Å². The molecule has 0 aliphatic rings. The summed E-state index contributed by atoms with van der Waals surface area (Å²) >= 11 is 0. The number of ketones is 1. The highest BCUT2D eigenvalue weighted by atomic mass is 19.1. The number of nitrogens with zero attached hydrogens (tertiary/aromatic N) is 2. The summed E-state index contributed by atoms with van der Waals surface area (Å²) in [5.74, 6) is -0.555. The zero-order valence-corrected chi connectivity index (χ0v) is 9.98. The fraction of sp³-hybridized carbons (Fsp3) is 0.385. The van der Waals surface area contributed by atoms with Gasteiger partial charge in [0.2, 0.25) is 0 Å². The molecule has 1 rings (SSSR count). The van der Waals surface area contributed by atoms with Crippen LogP contribution in [0.25, 0.3) is 0 Å².